The Morgan fingerprint density at radius 1 is 1.20 bits per heavy atom. The number of aryl methyl sites for hydroxylation is 1. The van der Waals surface area contributed by atoms with Crippen molar-refractivity contribution in [3.63, 3.8) is 0 Å². The van der Waals surface area contributed by atoms with E-state index in [1.54, 1.807) is 29.2 Å². The summed E-state index contributed by atoms with van der Waals surface area (Å²) in [5.74, 6) is 0.0194. The fraction of sp³-hybridized carbons (Fsp3) is 0.611. The normalized spacial score (nSPS) is 16.9. The second-order valence-corrected chi connectivity index (χ2v) is 8.45. The summed E-state index contributed by atoms with van der Waals surface area (Å²) in [4.78, 5) is 14.7. The highest BCUT2D eigenvalue weighted by Crippen LogP contribution is 2.15. The molecule has 0 radical (unpaired) electrons. The predicted octanol–water partition coefficient (Wildman–Crippen LogP) is 1.80. The minimum atomic E-state index is -3.74. The summed E-state index contributed by atoms with van der Waals surface area (Å²) in [6.07, 6.45) is 1.31. The summed E-state index contributed by atoms with van der Waals surface area (Å²) >= 11 is 0. The average molecular weight is 368 g/mol. The first-order chi connectivity index (χ1) is 11.8. The number of hydrogen-bond donors (Lipinski definition) is 1. The molecule has 1 heterocycles. The van der Waals surface area contributed by atoms with Gasteiger partial charge in [0.25, 0.3) is 0 Å². The smallest absolute Gasteiger partial charge is 0.241 e. The van der Waals surface area contributed by atoms with E-state index in [1.165, 1.54) is 0 Å². The number of amides is 1. The Hall–Kier alpha value is -1.44. The van der Waals surface area contributed by atoms with Crippen LogP contribution in [0.5, 0.6) is 0 Å². The molecule has 1 aliphatic heterocycles. The van der Waals surface area contributed by atoms with E-state index in [9.17, 15) is 13.2 Å². The van der Waals surface area contributed by atoms with Crippen LogP contribution in [0.4, 0.5) is 0 Å². The van der Waals surface area contributed by atoms with E-state index >= 15 is 0 Å². The summed E-state index contributed by atoms with van der Waals surface area (Å²) in [6.45, 7) is 7.95. The summed E-state index contributed by atoms with van der Waals surface area (Å²) in [6, 6.07) is 6.03. The number of benzene rings is 1. The van der Waals surface area contributed by atoms with Crippen LogP contribution in [0.3, 0.4) is 0 Å². The van der Waals surface area contributed by atoms with Crippen molar-refractivity contribution >= 4 is 15.9 Å². The van der Waals surface area contributed by atoms with Crippen LogP contribution in [0.25, 0.3) is 0 Å². The van der Waals surface area contributed by atoms with Crippen LogP contribution in [-0.4, -0.2) is 51.6 Å². The Labute approximate surface area is 150 Å². The molecule has 7 heteroatoms. The highest BCUT2D eigenvalue weighted by atomic mass is 32.2. The molecule has 0 bridgehead atoms. The van der Waals surface area contributed by atoms with Crippen molar-refractivity contribution in [3.8, 4) is 0 Å². The first-order valence-corrected chi connectivity index (χ1v) is 10.3. The summed E-state index contributed by atoms with van der Waals surface area (Å²) in [5, 5.41) is 0. The van der Waals surface area contributed by atoms with Crippen LogP contribution in [0.15, 0.2) is 29.2 Å². The van der Waals surface area contributed by atoms with Gasteiger partial charge in [-0.3, -0.25) is 4.79 Å². The number of sulfonamides is 1. The standard InChI is InChI=1S/C18H28N2O4S/c1-4-15-5-7-16(8-6-15)25(22,23)19-17(13-14(2)3)18(21)20-9-11-24-12-10-20/h5-8,14,17,19H,4,9-13H2,1-3H3/t17-/m0/s1. The molecule has 1 fully saturated rings. The molecule has 1 amide bonds. The van der Waals surface area contributed by atoms with E-state index in [4.69, 9.17) is 4.74 Å². The first-order valence-electron chi connectivity index (χ1n) is 8.81. The van der Waals surface area contributed by atoms with E-state index in [2.05, 4.69) is 4.72 Å². The van der Waals surface area contributed by atoms with Crippen LogP contribution < -0.4 is 4.72 Å². The molecule has 2 rings (SSSR count). The minimum absolute atomic E-state index is 0.175. The van der Waals surface area contributed by atoms with Gasteiger partial charge in [-0.05, 0) is 36.5 Å². The van der Waals surface area contributed by atoms with Gasteiger partial charge in [-0.1, -0.05) is 32.9 Å². The fourth-order valence-electron chi connectivity index (χ4n) is 2.83. The van der Waals surface area contributed by atoms with Crippen molar-refractivity contribution in [2.24, 2.45) is 5.92 Å². The average Bonchev–Trinajstić information content (AvgIpc) is 2.60. The molecule has 1 saturated heterocycles. The van der Waals surface area contributed by atoms with Gasteiger partial charge >= 0.3 is 0 Å². The molecule has 0 aromatic heterocycles. The van der Waals surface area contributed by atoms with E-state index in [0.717, 1.165) is 12.0 Å². The number of ether oxygens (including phenoxy) is 1. The fourth-order valence-corrected chi connectivity index (χ4v) is 4.04. The van der Waals surface area contributed by atoms with Crippen molar-refractivity contribution in [3.05, 3.63) is 29.8 Å². The van der Waals surface area contributed by atoms with Gasteiger partial charge in [-0.2, -0.15) is 4.72 Å². The SMILES string of the molecule is CCc1ccc(S(=O)(=O)N[C@@H](CC(C)C)C(=O)N2CCOCC2)cc1. The van der Waals surface area contributed by atoms with Crippen LogP contribution in [0.2, 0.25) is 0 Å². The maximum atomic E-state index is 12.8. The third-order valence-corrected chi connectivity index (χ3v) is 5.75. The Kier molecular flexibility index (Phi) is 6.98. The number of nitrogens with zero attached hydrogens (tertiary/aromatic N) is 1. The van der Waals surface area contributed by atoms with Gasteiger partial charge in [0.2, 0.25) is 15.9 Å². The summed E-state index contributed by atoms with van der Waals surface area (Å²) < 4.78 is 33.3. The monoisotopic (exact) mass is 368 g/mol. The molecular formula is C18H28N2O4S. The number of carbonyl (C=O) groups is 1. The van der Waals surface area contributed by atoms with Gasteiger partial charge in [-0.15, -0.1) is 0 Å². The maximum Gasteiger partial charge on any atom is 0.241 e. The molecule has 0 aliphatic carbocycles. The molecule has 1 aromatic rings. The van der Waals surface area contributed by atoms with Crippen LogP contribution in [0.1, 0.15) is 32.8 Å². The molecule has 1 atom stereocenters. The predicted molar refractivity (Wildman–Crippen MR) is 96.8 cm³/mol. The van der Waals surface area contributed by atoms with Crippen LogP contribution in [0, 0.1) is 5.92 Å². The zero-order valence-corrected chi connectivity index (χ0v) is 16.0. The van der Waals surface area contributed by atoms with Crippen molar-refractivity contribution in [2.75, 3.05) is 26.3 Å². The molecule has 140 valence electrons. The van der Waals surface area contributed by atoms with Crippen LogP contribution >= 0.6 is 0 Å². The van der Waals surface area contributed by atoms with Crippen molar-refractivity contribution in [2.45, 2.75) is 44.6 Å². The Bertz CT molecular complexity index is 665. The lowest BCUT2D eigenvalue weighted by Crippen LogP contribution is -2.52. The summed E-state index contributed by atoms with van der Waals surface area (Å²) in [7, 11) is -3.74. The highest BCUT2D eigenvalue weighted by Gasteiger charge is 2.30. The van der Waals surface area contributed by atoms with E-state index in [1.807, 2.05) is 20.8 Å². The molecular weight excluding hydrogens is 340 g/mol. The molecule has 1 aromatic carbocycles. The molecule has 6 nitrogen and oxygen atoms in total. The zero-order valence-electron chi connectivity index (χ0n) is 15.2. The molecule has 25 heavy (non-hydrogen) atoms. The lowest BCUT2D eigenvalue weighted by molar-refractivity contribution is -0.137. The third-order valence-electron chi connectivity index (χ3n) is 4.27. The molecule has 1 aliphatic rings. The quantitative estimate of drug-likeness (QED) is 0.796. The number of hydrogen-bond acceptors (Lipinski definition) is 4. The number of morpholine rings is 1. The Balaban J connectivity index is 2.17. The maximum absolute atomic E-state index is 12.8. The number of nitrogens with one attached hydrogen (secondary N) is 1. The Morgan fingerprint density at radius 2 is 1.80 bits per heavy atom. The second-order valence-electron chi connectivity index (χ2n) is 6.74. The van der Waals surface area contributed by atoms with E-state index in [-0.39, 0.29) is 16.7 Å². The lowest BCUT2D eigenvalue weighted by Gasteiger charge is -2.31. The molecule has 0 unspecified atom stereocenters. The van der Waals surface area contributed by atoms with Gasteiger partial charge in [0.15, 0.2) is 0 Å². The molecule has 1 N–H and O–H groups in total. The molecule has 0 spiro atoms. The van der Waals surface area contributed by atoms with E-state index < -0.39 is 16.1 Å². The van der Waals surface area contributed by atoms with Gasteiger partial charge in [0.1, 0.15) is 6.04 Å². The van der Waals surface area contributed by atoms with Crippen molar-refractivity contribution in [1.82, 2.24) is 9.62 Å². The third kappa shape index (κ3) is 5.52. The minimum Gasteiger partial charge on any atom is -0.378 e. The largest absolute Gasteiger partial charge is 0.378 e. The topological polar surface area (TPSA) is 75.7 Å². The van der Waals surface area contributed by atoms with E-state index in [0.29, 0.717) is 32.7 Å². The van der Waals surface area contributed by atoms with Gasteiger partial charge < -0.3 is 9.64 Å². The zero-order chi connectivity index (χ0) is 18.4. The number of carbonyl (C=O) groups excluding carboxylic acids is 1. The Morgan fingerprint density at radius 3 is 2.32 bits per heavy atom. The highest BCUT2D eigenvalue weighted by molar-refractivity contribution is 7.89. The second kappa shape index (κ2) is 8.78. The number of rotatable bonds is 7. The van der Waals surface area contributed by atoms with Crippen molar-refractivity contribution in [1.29, 1.82) is 0 Å². The molecule has 0 saturated carbocycles. The van der Waals surface area contributed by atoms with Crippen LogP contribution in [-0.2, 0) is 26.0 Å². The van der Waals surface area contributed by atoms with Gasteiger partial charge in [0, 0.05) is 13.1 Å². The van der Waals surface area contributed by atoms with Gasteiger partial charge in [-0.25, -0.2) is 8.42 Å². The lowest BCUT2D eigenvalue weighted by atomic mass is 10.0. The first kappa shape index (κ1) is 19.9. The van der Waals surface area contributed by atoms with Crippen molar-refractivity contribution < 1.29 is 17.9 Å². The summed E-state index contributed by atoms with van der Waals surface area (Å²) in [5.41, 5.74) is 1.07. The van der Waals surface area contributed by atoms with Gasteiger partial charge in [0.05, 0.1) is 18.1 Å².